The van der Waals surface area contributed by atoms with Gasteiger partial charge in [-0.05, 0) is 13.8 Å². The molecule has 0 fully saturated rings. The van der Waals surface area contributed by atoms with Crippen molar-refractivity contribution in [2.75, 3.05) is 13.2 Å². The highest BCUT2D eigenvalue weighted by molar-refractivity contribution is 5.77. The maximum absolute atomic E-state index is 10.3. The van der Waals surface area contributed by atoms with Gasteiger partial charge in [-0.2, -0.15) is 0 Å². The maximum atomic E-state index is 10.3. The summed E-state index contributed by atoms with van der Waals surface area (Å²) < 4.78 is 0. The first-order valence-corrected chi connectivity index (χ1v) is 4.00. The number of hydrogen-bond acceptors (Lipinski definition) is 3. The normalized spacial score (nSPS) is 11.4. The Bertz CT molecular complexity index is 94.1. The molecule has 11 heavy (non-hydrogen) atoms. The van der Waals surface area contributed by atoms with Crippen LogP contribution in [0.2, 0.25) is 0 Å². The van der Waals surface area contributed by atoms with E-state index in [1.165, 1.54) is 6.92 Å². The molecule has 0 aromatic heterocycles. The van der Waals surface area contributed by atoms with E-state index in [4.69, 9.17) is 5.11 Å². The van der Waals surface area contributed by atoms with Crippen LogP contribution in [0.3, 0.4) is 0 Å². The van der Waals surface area contributed by atoms with Gasteiger partial charge in [0, 0.05) is 6.04 Å². The zero-order valence-electron chi connectivity index (χ0n) is 7.85. The van der Waals surface area contributed by atoms with Crippen LogP contribution in [0.5, 0.6) is 0 Å². The summed E-state index contributed by atoms with van der Waals surface area (Å²) in [7, 11) is 0. The van der Waals surface area contributed by atoms with Crippen LogP contribution in [-0.4, -0.2) is 30.1 Å². The molecular formula is C8H19NO2. The van der Waals surface area contributed by atoms with Crippen LogP contribution in [0.25, 0.3) is 0 Å². The zero-order valence-corrected chi connectivity index (χ0v) is 7.85. The minimum absolute atomic E-state index is 0.0221. The molecule has 0 saturated heterocycles. The Labute approximate surface area is 68.8 Å². The second-order valence-electron chi connectivity index (χ2n) is 2.17. The molecule has 0 aliphatic carbocycles. The lowest BCUT2D eigenvalue weighted by Crippen LogP contribution is -2.32. The monoisotopic (exact) mass is 161 g/mol. The predicted molar refractivity (Wildman–Crippen MR) is 46.6 cm³/mol. The molecular weight excluding hydrogens is 142 g/mol. The minimum Gasteiger partial charge on any atom is -0.395 e. The fourth-order valence-electron chi connectivity index (χ4n) is 0.383. The van der Waals surface area contributed by atoms with Crippen LogP contribution in [0, 0.1) is 0 Å². The van der Waals surface area contributed by atoms with Crippen molar-refractivity contribution in [1.29, 1.82) is 0 Å². The van der Waals surface area contributed by atoms with E-state index in [-0.39, 0.29) is 18.4 Å². The van der Waals surface area contributed by atoms with Gasteiger partial charge in [0.1, 0.15) is 5.78 Å². The lowest BCUT2D eigenvalue weighted by Gasteiger charge is -2.07. The third-order valence-electron chi connectivity index (χ3n) is 0.973. The van der Waals surface area contributed by atoms with Gasteiger partial charge >= 0.3 is 0 Å². The number of carbonyl (C=O) groups excluding carboxylic acids is 1. The summed E-state index contributed by atoms with van der Waals surface area (Å²) in [6, 6.07) is 0.0221. The molecule has 0 heterocycles. The molecule has 0 saturated carbocycles. The summed E-state index contributed by atoms with van der Waals surface area (Å²) in [4.78, 5) is 10.3. The highest BCUT2D eigenvalue weighted by atomic mass is 16.3. The molecule has 0 aromatic rings. The van der Waals surface area contributed by atoms with E-state index in [1.54, 1.807) is 0 Å². The van der Waals surface area contributed by atoms with Crippen LogP contribution in [-0.2, 0) is 4.79 Å². The van der Waals surface area contributed by atoms with Crippen molar-refractivity contribution in [2.24, 2.45) is 0 Å². The summed E-state index contributed by atoms with van der Waals surface area (Å²) in [5, 5.41) is 11.3. The van der Waals surface area contributed by atoms with E-state index in [0.29, 0.717) is 6.54 Å². The van der Waals surface area contributed by atoms with Crippen LogP contribution in [0.15, 0.2) is 0 Å². The number of hydrogen-bond donors (Lipinski definition) is 2. The summed E-state index contributed by atoms with van der Waals surface area (Å²) in [5.41, 5.74) is 0. The van der Waals surface area contributed by atoms with Gasteiger partial charge in [-0.1, -0.05) is 13.8 Å². The standard InChI is InChI=1S/C6H13NO2.C2H6/c1-5(4-8)7-3-6(2)9;1-2/h5,7-8H,3-4H2,1-2H3;1-2H3. The van der Waals surface area contributed by atoms with Gasteiger partial charge in [-0.15, -0.1) is 0 Å². The number of carbonyl (C=O) groups is 1. The molecule has 0 rings (SSSR count). The highest BCUT2D eigenvalue weighted by Crippen LogP contribution is 1.76. The van der Waals surface area contributed by atoms with Crippen molar-refractivity contribution in [3.63, 3.8) is 0 Å². The molecule has 3 nitrogen and oxygen atoms in total. The van der Waals surface area contributed by atoms with E-state index < -0.39 is 0 Å². The Morgan fingerprint density at radius 1 is 1.55 bits per heavy atom. The van der Waals surface area contributed by atoms with Crippen molar-refractivity contribution in [3.8, 4) is 0 Å². The Kier molecular flexibility index (Phi) is 11.5. The van der Waals surface area contributed by atoms with Crippen molar-refractivity contribution in [3.05, 3.63) is 0 Å². The van der Waals surface area contributed by atoms with Gasteiger partial charge in [-0.3, -0.25) is 4.79 Å². The number of Topliss-reactive ketones (excluding diaryl/α,β-unsaturated/α-hetero) is 1. The van der Waals surface area contributed by atoms with Crippen molar-refractivity contribution in [2.45, 2.75) is 33.7 Å². The molecule has 0 amide bonds. The van der Waals surface area contributed by atoms with E-state index in [2.05, 4.69) is 5.32 Å². The molecule has 0 aliphatic heterocycles. The molecule has 3 heteroatoms. The van der Waals surface area contributed by atoms with Gasteiger partial charge in [-0.25, -0.2) is 0 Å². The maximum Gasteiger partial charge on any atom is 0.143 e. The molecule has 1 unspecified atom stereocenters. The van der Waals surface area contributed by atoms with Crippen LogP contribution >= 0.6 is 0 Å². The van der Waals surface area contributed by atoms with Crippen molar-refractivity contribution >= 4 is 5.78 Å². The molecule has 2 N–H and O–H groups in total. The number of rotatable bonds is 4. The van der Waals surface area contributed by atoms with Crippen molar-refractivity contribution < 1.29 is 9.90 Å². The van der Waals surface area contributed by atoms with Crippen molar-refractivity contribution in [1.82, 2.24) is 5.32 Å². The number of aliphatic hydroxyl groups excluding tert-OH is 1. The quantitative estimate of drug-likeness (QED) is 0.634. The van der Waals surface area contributed by atoms with E-state index >= 15 is 0 Å². The Morgan fingerprint density at radius 2 is 2.00 bits per heavy atom. The first kappa shape index (κ1) is 13.2. The zero-order chi connectivity index (χ0) is 9.28. The number of nitrogens with one attached hydrogen (secondary N) is 1. The fourth-order valence-corrected chi connectivity index (χ4v) is 0.383. The Hall–Kier alpha value is -0.410. The van der Waals surface area contributed by atoms with Crippen LogP contribution in [0.1, 0.15) is 27.7 Å². The van der Waals surface area contributed by atoms with Crippen LogP contribution < -0.4 is 5.32 Å². The largest absolute Gasteiger partial charge is 0.395 e. The van der Waals surface area contributed by atoms with Gasteiger partial charge in [0.05, 0.1) is 13.2 Å². The summed E-state index contributed by atoms with van der Waals surface area (Å²) >= 11 is 0. The Balaban J connectivity index is 0. The fraction of sp³-hybridized carbons (Fsp3) is 0.875. The molecule has 0 aromatic carbocycles. The third kappa shape index (κ3) is 12.7. The minimum atomic E-state index is 0.0221. The SMILES string of the molecule is CC.CC(=O)CNC(C)CO. The Morgan fingerprint density at radius 3 is 2.27 bits per heavy atom. The van der Waals surface area contributed by atoms with E-state index in [1.807, 2.05) is 20.8 Å². The highest BCUT2D eigenvalue weighted by Gasteiger charge is 1.98. The lowest BCUT2D eigenvalue weighted by atomic mass is 10.3. The molecule has 68 valence electrons. The molecule has 0 spiro atoms. The average molecular weight is 161 g/mol. The van der Waals surface area contributed by atoms with Gasteiger partial charge in [0.2, 0.25) is 0 Å². The second-order valence-corrected chi connectivity index (χ2v) is 2.17. The second kappa shape index (κ2) is 9.59. The van der Waals surface area contributed by atoms with Gasteiger partial charge < -0.3 is 10.4 Å². The molecule has 0 bridgehead atoms. The lowest BCUT2D eigenvalue weighted by molar-refractivity contribution is -0.116. The summed E-state index contributed by atoms with van der Waals surface area (Å²) in [6.07, 6.45) is 0. The van der Waals surface area contributed by atoms with Crippen LogP contribution in [0.4, 0.5) is 0 Å². The topological polar surface area (TPSA) is 49.3 Å². The first-order valence-electron chi connectivity index (χ1n) is 4.00. The van der Waals surface area contributed by atoms with E-state index in [9.17, 15) is 4.79 Å². The molecule has 0 radical (unpaired) electrons. The summed E-state index contributed by atoms with van der Waals surface area (Å²) in [5.74, 6) is 0.0929. The summed E-state index contributed by atoms with van der Waals surface area (Å²) in [6.45, 7) is 7.76. The van der Waals surface area contributed by atoms with Gasteiger partial charge in [0.25, 0.3) is 0 Å². The molecule has 1 atom stereocenters. The molecule has 0 aliphatic rings. The average Bonchev–Trinajstić information content (AvgIpc) is 2.04. The van der Waals surface area contributed by atoms with E-state index in [0.717, 1.165) is 0 Å². The predicted octanol–water partition coefficient (Wildman–Crippen LogP) is 0.572. The first-order chi connectivity index (χ1) is 5.16. The smallest absolute Gasteiger partial charge is 0.143 e. The third-order valence-corrected chi connectivity index (χ3v) is 0.973. The number of aliphatic hydroxyl groups is 1. The van der Waals surface area contributed by atoms with Gasteiger partial charge in [0.15, 0.2) is 0 Å². The number of ketones is 1.